The van der Waals surface area contributed by atoms with Gasteiger partial charge in [-0.2, -0.15) is 5.26 Å². The first-order chi connectivity index (χ1) is 10.1. The fourth-order valence-corrected chi connectivity index (χ4v) is 2.51. The molecule has 0 radical (unpaired) electrons. The van der Waals surface area contributed by atoms with Gasteiger partial charge < -0.3 is 0 Å². The van der Waals surface area contributed by atoms with Crippen molar-refractivity contribution in [1.29, 1.82) is 5.26 Å². The molecular formula is C19H19NO. The SMILES string of the molecule is Cc1cccc(CCC(=O)C(C#N)c2ccccc2C)c1. The molecule has 0 spiro atoms. The summed E-state index contributed by atoms with van der Waals surface area (Å²) in [5.41, 5.74) is 4.16. The summed E-state index contributed by atoms with van der Waals surface area (Å²) < 4.78 is 0. The molecule has 0 amide bonds. The summed E-state index contributed by atoms with van der Waals surface area (Å²) in [6, 6.07) is 17.9. The van der Waals surface area contributed by atoms with E-state index < -0.39 is 5.92 Å². The third-order valence-electron chi connectivity index (χ3n) is 3.69. The van der Waals surface area contributed by atoms with Crippen molar-refractivity contribution in [3.05, 3.63) is 70.8 Å². The maximum atomic E-state index is 12.4. The number of hydrogen-bond acceptors (Lipinski definition) is 2. The third-order valence-corrected chi connectivity index (χ3v) is 3.69. The molecule has 106 valence electrons. The third kappa shape index (κ3) is 3.79. The van der Waals surface area contributed by atoms with Crippen LogP contribution in [-0.4, -0.2) is 5.78 Å². The first kappa shape index (κ1) is 15.0. The zero-order valence-corrected chi connectivity index (χ0v) is 12.5. The lowest BCUT2D eigenvalue weighted by atomic mass is 9.89. The summed E-state index contributed by atoms with van der Waals surface area (Å²) in [5, 5.41) is 9.34. The minimum atomic E-state index is -0.656. The maximum absolute atomic E-state index is 12.4. The zero-order chi connectivity index (χ0) is 15.2. The topological polar surface area (TPSA) is 40.9 Å². The molecule has 0 heterocycles. The fourth-order valence-electron chi connectivity index (χ4n) is 2.51. The highest BCUT2D eigenvalue weighted by atomic mass is 16.1. The van der Waals surface area contributed by atoms with Crippen molar-refractivity contribution in [2.45, 2.75) is 32.6 Å². The molecular weight excluding hydrogens is 258 g/mol. The van der Waals surface area contributed by atoms with Crippen LogP contribution in [-0.2, 0) is 11.2 Å². The highest BCUT2D eigenvalue weighted by Gasteiger charge is 2.21. The Balaban J connectivity index is 2.08. The number of rotatable bonds is 5. The number of nitriles is 1. The quantitative estimate of drug-likeness (QED) is 0.825. The van der Waals surface area contributed by atoms with E-state index in [9.17, 15) is 10.1 Å². The lowest BCUT2D eigenvalue weighted by Crippen LogP contribution is -2.13. The van der Waals surface area contributed by atoms with Crippen LogP contribution in [0.1, 0.15) is 34.6 Å². The molecule has 2 rings (SSSR count). The van der Waals surface area contributed by atoms with Crippen molar-refractivity contribution >= 4 is 5.78 Å². The van der Waals surface area contributed by atoms with E-state index in [0.29, 0.717) is 12.8 Å². The van der Waals surface area contributed by atoms with Crippen LogP contribution >= 0.6 is 0 Å². The first-order valence-corrected chi connectivity index (χ1v) is 7.15. The lowest BCUT2D eigenvalue weighted by Gasteiger charge is -2.11. The van der Waals surface area contributed by atoms with Crippen molar-refractivity contribution in [3.8, 4) is 6.07 Å². The summed E-state index contributed by atoms with van der Waals surface area (Å²) in [4.78, 5) is 12.4. The van der Waals surface area contributed by atoms with Gasteiger partial charge in [-0.15, -0.1) is 0 Å². The number of carbonyl (C=O) groups excluding carboxylic acids is 1. The molecule has 2 heteroatoms. The van der Waals surface area contributed by atoms with Gasteiger partial charge in [0.1, 0.15) is 5.92 Å². The molecule has 0 bridgehead atoms. The number of benzene rings is 2. The molecule has 0 aliphatic carbocycles. The largest absolute Gasteiger partial charge is 0.298 e. The van der Waals surface area contributed by atoms with Gasteiger partial charge in [0, 0.05) is 6.42 Å². The molecule has 0 fully saturated rings. The minimum Gasteiger partial charge on any atom is -0.298 e. The Kier molecular flexibility index (Phi) is 4.90. The number of nitrogens with zero attached hydrogens (tertiary/aromatic N) is 1. The lowest BCUT2D eigenvalue weighted by molar-refractivity contribution is -0.119. The Hall–Kier alpha value is -2.40. The molecule has 1 unspecified atom stereocenters. The summed E-state index contributed by atoms with van der Waals surface area (Å²) in [5.74, 6) is -0.663. The van der Waals surface area contributed by atoms with E-state index in [1.807, 2.05) is 56.3 Å². The van der Waals surface area contributed by atoms with Gasteiger partial charge in [0.25, 0.3) is 0 Å². The summed E-state index contributed by atoms with van der Waals surface area (Å²) in [6.45, 7) is 3.98. The van der Waals surface area contributed by atoms with Crippen LogP contribution in [0, 0.1) is 25.2 Å². The van der Waals surface area contributed by atoms with Crippen LogP contribution in [0.4, 0.5) is 0 Å². The number of carbonyl (C=O) groups is 1. The monoisotopic (exact) mass is 277 g/mol. The molecule has 1 atom stereocenters. The van der Waals surface area contributed by atoms with Gasteiger partial charge in [-0.25, -0.2) is 0 Å². The highest BCUT2D eigenvalue weighted by molar-refractivity contribution is 5.88. The van der Waals surface area contributed by atoms with Gasteiger partial charge in [-0.05, 0) is 37.0 Å². The molecule has 0 aliphatic heterocycles. The van der Waals surface area contributed by atoms with E-state index in [2.05, 4.69) is 12.1 Å². The molecule has 0 aliphatic rings. The van der Waals surface area contributed by atoms with Crippen molar-refractivity contribution in [3.63, 3.8) is 0 Å². The highest BCUT2D eigenvalue weighted by Crippen LogP contribution is 2.22. The molecule has 0 N–H and O–H groups in total. The van der Waals surface area contributed by atoms with E-state index in [1.165, 1.54) is 5.56 Å². The van der Waals surface area contributed by atoms with Crippen molar-refractivity contribution in [2.75, 3.05) is 0 Å². The fraction of sp³-hybridized carbons (Fsp3) is 0.263. The first-order valence-electron chi connectivity index (χ1n) is 7.15. The Morgan fingerprint density at radius 1 is 1.14 bits per heavy atom. The van der Waals surface area contributed by atoms with Gasteiger partial charge in [0.2, 0.25) is 0 Å². The van der Waals surface area contributed by atoms with E-state index in [4.69, 9.17) is 0 Å². The van der Waals surface area contributed by atoms with Crippen LogP contribution in [0.3, 0.4) is 0 Å². The van der Waals surface area contributed by atoms with Crippen molar-refractivity contribution in [2.24, 2.45) is 0 Å². The number of aryl methyl sites for hydroxylation is 3. The van der Waals surface area contributed by atoms with E-state index >= 15 is 0 Å². The molecule has 2 aromatic carbocycles. The predicted molar refractivity (Wildman–Crippen MR) is 84.0 cm³/mol. The Labute approximate surface area is 126 Å². The second-order valence-electron chi connectivity index (χ2n) is 5.37. The van der Waals surface area contributed by atoms with E-state index in [0.717, 1.165) is 16.7 Å². The van der Waals surface area contributed by atoms with Crippen molar-refractivity contribution in [1.82, 2.24) is 0 Å². The second-order valence-corrected chi connectivity index (χ2v) is 5.37. The van der Waals surface area contributed by atoms with E-state index in [-0.39, 0.29) is 5.78 Å². The number of Topliss-reactive ketones (excluding diaryl/α,β-unsaturated/α-hetero) is 1. The smallest absolute Gasteiger partial charge is 0.154 e. The van der Waals surface area contributed by atoms with Gasteiger partial charge >= 0.3 is 0 Å². The number of hydrogen-bond donors (Lipinski definition) is 0. The second kappa shape index (κ2) is 6.85. The molecule has 2 aromatic rings. The van der Waals surface area contributed by atoms with Gasteiger partial charge in [0.05, 0.1) is 6.07 Å². The van der Waals surface area contributed by atoms with Crippen molar-refractivity contribution < 1.29 is 4.79 Å². The normalized spacial score (nSPS) is 11.7. The average molecular weight is 277 g/mol. The summed E-state index contributed by atoms with van der Waals surface area (Å²) >= 11 is 0. The maximum Gasteiger partial charge on any atom is 0.154 e. The Bertz CT molecular complexity index is 682. The zero-order valence-electron chi connectivity index (χ0n) is 12.5. The molecule has 0 aromatic heterocycles. The summed E-state index contributed by atoms with van der Waals surface area (Å²) in [7, 11) is 0. The van der Waals surface area contributed by atoms with Crippen LogP contribution in [0.25, 0.3) is 0 Å². The Morgan fingerprint density at radius 2 is 1.90 bits per heavy atom. The summed E-state index contributed by atoms with van der Waals surface area (Å²) in [6.07, 6.45) is 1.08. The standard InChI is InChI=1S/C19H19NO/c1-14-6-5-8-16(12-14)10-11-19(21)18(13-20)17-9-4-3-7-15(17)2/h3-9,12,18H,10-11H2,1-2H3. The van der Waals surface area contributed by atoms with E-state index in [1.54, 1.807) is 0 Å². The van der Waals surface area contributed by atoms with Crippen LogP contribution < -0.4 is 0 Å². The van der Waals surface area contributed by atoms with Crippen LogP contribution in [0.5, 0.6) is 0 Å². The molecule has 0 saturated heterocycles. The van der Waals surface area contributed by atoms with Gasteiger partial charge in [-0.1, -0.05) is 54.1 Å². The van der Waals surface area contributed by atoms with Gasteiger partial charge in [-0.3, -0.25) is 4.79 Å². The predicted octanol–water partition coefficient (Wildman–Crippen LogP) is 4.11. The average Bonchev–Trinajstić information content (AvgIpc) is 2.48. The van der Waals surface area contributed by atoms with Crippen LogP contribution in [0.2, 0.25) is 0 Å². The Morgan fingerprint density at radius 3 is 2.57 bits per heavy atom. The molecule has 2 nitrogen and oxygen atoms in total. The molecule has 0 saturated carbocycles. The number of ketones is 1. The minimum absolute atomic E-state index is 0.00620. The van der Waals surface area contributed by atoms with Gasteiger partial charge in [0.15, 0.2) is 5.78 Å². The molecule has 21 heavy (non-hydrogen) atoms. The van der Waals surface area contributed by atoms with Crippen LogP contribution in [0.15, 0.2) is 48.5 Å².